The van der Waals surface area contributed by atoms with Crippen molar-refractivity contribution in [3.05, 3.63) is 64.7 Å². The molecule has 1 atom stereocenters. The molecule has 8 heteroatoms. The fraction of sp³-hybridized carbons (Fsp3) is 0.188. The molecule has 0 heterocycles. The Hall–Kier alpha value is -1.93. The van der Waals surface area contributed by atoms with Gasteiger partial charge in [-0.05, 0) is 42.8 Å². The van der Waals surface area contributed by atoms with Crippen molar-refractivity contribution in [1.29, 1.82) is 0 Å². The molecule has 0 aliphatic rings. The Labute approximate surface area is 145 Å². The molecule has 0 aliphatic carbocycles. The van der Waals surface area contributed by atoms with Crippen LogP contribution >= 0.6 is 11.6 Å². The lowest BCUT2D eigenvalue weighted by molar-refractivity contribution is 0.0940. The molecule has 0 aromatic heterocycles. The first kappa shape index (κ1) is 18.4. The molecule has 2 aromatic rings. The van der Waals surface area contributed by atoms with E-state index in [9.17, 15) is 13.2 Å². The number of benzene rings is 2. The molecule has 128 valence electrons. The SMILES string of the molecule is CONS(=O)(=O)c1ccc(C(=O)N[C@H](C)c2ccccc2Cl)cc1. The number of amides is 1. The van der Waals surface area contributed by atoms with Crippen LogP contribution in [0.4, 0.5) is 0 Å². The van der Waals surface area contributed by atoms with Crippen LogP contribution in [-0.2, 0) is 14.9 Å². The number of hydrogen-bond acceptors (Lipinski definition) is 4. The van der Waals surface area contributed by atoms with E-state index >= 15 is 0 Å². The van der Waals surface area contributed by atoms with Crippen molar-refractivity contribution in [2.45, 2.75) is 17.9 Å². The first-order chi connectivity index (χ1) is 11.3. The van der Waals surface area contributed by atoms with Gasteiger partial charge in [-0.3, -0.25) is 9.63 Å². The Balaban J connectivity index is 2.12. The lowest BCUT2D eigenvalue weighted by atomic mass is 10.1. The number of sulfonamides is 1. The van der Waals surface area contributed by atoms with Gasteiger partial charge in [0.2, 0.25) is 0 Å². The van der Waals surface area contributed by atoms with Crippen LogP contribution in [-0.4, -0.2) is 21.4 Å². The van der Waals surface area contributed by atoms with Crippen molar-refractivity contribution in [3.63, 3.8) is 0 Å². The lowest BCUT2D eigenvalue weighted by Crippen LogP contribution is -2.27. The van der Waals surface area contributed by atoms with E-state index in [1.165, 1.54) is 31.4 Å². The van der Waals surface area contributed by atoms with Gasteiger partial charge in [-0.1, -0.05) is 34.7 Å². The Bertz CT molecular complexity index is 822. The van der Waals surface area contributed by atoms with E-state index in [4.69, 9.17) is 11.6 Å². The topological polar surface area (TPSA) is 84.5 Å². The summed E-state index contributed by atoms with van der Waals surface area (Å²) in [5, 5.41) is 3.39. The zero-order valence-electron chi connectivity index (χ0n) is 13.1. The molecule has 0 fully saturated rings. The summed E-state index contributed by atoms with van der Waals surface area (Å²) in [7, 11) is -2.54. The number of halogens is 1. The summed E-state index contributed by atoms with van der Waals surface area (Å²) in [5.74, 6) is -0.328. The first-order valence-electron chi connectivity index (χ1n) is 7.05. The highest BCUT2D eigenvalue weighted by atomic mass is 35.5. The third-order valence-corrected chi connectivity index (χ3v) is 4.96. The van der Waals surface area contributed by atoms with Gasteiger partial charge in [0.05, 0.1) is 18.0 Å². The highest BCUT2D eigenvalue weighted by Crippen LogP contribution is 2.22. The van der Waals surface area contributed by atoms with E-state index in [2.05, 4.69) is 10.2 Å². The van der Waals surface area contributed by atoms with Gasteiger partial charge >= 0.3 is 0 Å². The second-order valence-corrected chi connectivity index (χ2v) is 7.08. The maximum Gasteiger partial charge on any atom is 0.262 e. The van der Waals surface area contributed by atoms with Crippen molar-refractivity contribution in [1.82, 2.24) is 10.2 Å². The normalized spacial score (nSPS) is 12.6. The van der Waals surface area contributed by atoms with Gasteiger partial charge < -0.3 is 5.32 Å². The summed E-state index contributed by atoms with van der Waals surface area (Å²) >= 11 is 6.11. The van der Waals surface area contributed by atoms with Gasteiger partial charge in [0.1, 0.15) is 0 Å². The zero-order chi connectivity index (χ0) is 17.7. The molecule has 6 nitrogen and oxygen atoms in total. The van der Waals surface area contributed by atoms with E-state index < -0.39 is 10.0 Å². The number of carbonyl (C=O) groups is 1. The minimum Gasteiger partial charge on any atom is -0.345 e. The van der Waals surface area contributed by atoms with Gasteiger partial charge in [0.25, 0.3) is 15.9 Å². The van der Waals surface area contributed by atoms with Gasteiger partial charge in [-0.2, -0.15) is 0 Å². The molecule has 0 aliphatic heterocycles. The van der Waals surface area contributed by atoms with E-state index in [0.717, 1.165) is 5.56 Å². The third-order valence-electron chi connectivity index (χ3n) is 3.34. The van der Waals surface area contributed by atoms with E-state index in [-0.39, 0.29) is 16.8 Å². The monoisotopic (exact) mass is 368 g/mol. The van der Waals surface area contributed by atoms with E-state index in [1.54, 1.807) is 6.07 Å². The van der Waals surface area contributed by atoms with Crippen LogP contribution in [0.2, 0.25) is 5.02 Å². The zero-order valence-corrected chi connectivity index (χ0v) is 14.7. The first-order valence-corrected chi connectivity index (χ1v) is 8.91. The van der Waals surface area contributed by atoms with Gasteiger partial charge in [0.15, 0.2) is 0 Å². The smallest absolute Gasteiger partial charge is 0.262 e. The number of hydrogen-bond donors (Lipinski definition) is 2. The predicted octanol–water partition coefficient (Wildman–Crippen LogP) is 2.67. The van der Waals surface area contributed by atoms with E-state index in [1.807, 2.05) is 30.0 Å². The van der Waals surface area contributed by atoms with Crippen LogP contribution in [0.3, 0.4) is 0 Å². The molecular weight excluding hydrogens is 352 g/mol. The van der Waals surface area contributed by atoms with Crippen LogP contribution in [0.5, 0.6) is 0 Å². The van der Waals surface area contributed by atoms with Crippen LogP contribution in [0.15, 0.2) is 53.4 Å². The Morgan fingerprint density at radius 2 is 1.75 bits per heavy atom. The van der Waals surface area contributed by atoms with E-state index in [0.29, 0.717) is 10.6 Å². The lowest BCUT2D eigenvalue weighted by Gasteiger charge is -2.16. The highest BCUT2D eigenvalue weighted by molar-refractivity contribution is 7.89. The van der Waals surface area contributed by atoms with Crippen molar-refractivity contribution in [2.75, 3.05) is 7.11 Å². The molecule has 0 radical (unpaired) electrons. The second kappa shape index (κ2) is 7.76. The minimum absolute atomic E-state index is 0.0000484. The van der Waals surface area contributed by atoms with Crippen LogP contribution in [0.1, 0.15) is 28.9 Å². The van der Waals surface area contributed by atoms with Crippen molar-refractivity contribution in [3.8, 4) is 0 Å². The fourth-order valence-corrected chi connectivity index (χ4v) is 3.24. The average molecular weight is 369 g/mol. The molecule has 2 aromatic carbocycles. The fourth-order valence-electron chi connectivity index (χ4n) is 2.13. The Morgan fingerprint density at radius 1 is 1.12 bits per heavy atom. The molecule has 2 N–H and O–H groups in total. The molecule has 2 rings (SSSR count). The van der Waals surface area contributed by atoms with Crippen LogP contribution < -0.4 is 10.2 Å². The largest absolute Gasteiger partial charge is 0.345 e. The summed E-state index contributed by atoms with van der Waals surface area (Å²) in [6.07, 6.45) is 0. The molecule has 0 unspecified atom stereocenters. The second-order valence-electron chi connectivity index (χ2n) is 5.03. The Morgan fingerprint density at radius 3 is 2.33 bits per heavy atom. The van der Waals surface area contributed by atoms with Gasteiger partial charge in [-0.15, -0.1) is 0 Å². The molecule has 24 heavy (non-hydrogen) atoms. The van der Waals surface area contributed by atoms with Gasteiger partial charge in [0, 0.05) is 10.6 Å². The number of carbonyl (C=O) groups excluding carboxylic acids is 1. The minimum atomic E-state index is -3.75. The number of rotatable bonds is 6. The van der Waals surface area contributed by atoms with Crippen LogP contribution in [0, 0.1) is 0 Å². The molecular formula is C16H17ClN2O4S. The summed E-state index contributed by atoms with van der Waals surface area (Å²) in [6, 6.07) is 12.5. The molecule has 0 bridgehead atoms. The molecule has 0 saturated heterocycles. The maximum atomic E-state index is 12.3. The highest BCUT2D eigenvalue weighted by Gasteiger charge is 2.16. The summed E-state index contributed by atoms with van der Waals surface area (Å²) in [6.45, 7) is 1.82. The number of nitrogens with one attached hydrogen (secondary N) is 2. The Kier molecular flexibility index (Phi) is 5.95. The van der Waals surface area contributed by atoms with Crippen molar-refractivity contribution < 1.29 is 18.0 Å². The molecule has 0 spiro atoms. The average Bonchev–Trinajstić information content (AvgIpc) is 2.55. The maximum absolute atomic E-state index is 12.3. The standard InChI is InChI=1S/C16H17ClN2O4S/c1-11(14-5-3-4-6-15(14)17)18-16(20)12-7-9-13(10-8-12)24(21,22)19-23-2/h3-11,19H,1-2H3,(H,18,20)/t11-/m1/s1. The van der Waals surface area contributed by atoms with Crippen LogP contribution in [0.25, 0.3) is 0 Å². The summed E-state index contributed by atoms with van der Waals surface area (Å²) < 4.78 is 23.5. The van der Waals surface area contributed by atoms with Crippen molar-refractivity contribution in [2.24, 2.45) is 0 Å². The molecule has 0 saturated carbocycles. The quantitative estimate of drug-likeness (QED) is 0.768. The summed E-state index contributed by atoms with van der Waals surface area (Å²) in [5.41, 5.74) is 1.14. The summed E-state index contributed by atoms with van der Waals surface area (Å²) in [4.78, 5) is 18.6. The predicted molar refractivity (Wildman–Crippen MR) is 91.1 cm³/mol. The van der Waals surface area contributed by atoms with Crippen molar-refractivity contribution >= 4 is 27.5 Å². The third kappa shape index (κ3) is 4.33. The van der Waals surface area contributed by atoms with Gasteiger partial charge in [-0.25, -0.2) is 8.42 Å². The molecule has 1 amide bonds.